The van der Waals surface area contributed by atoms with E-state index in [-0.39, 0.29) is 0 Å². The largest absolute Gasteiger partial charge is 0.497 e. The molecule has 4 nitrogen and oxygen atoms in total. The van der Waals surface area contributed by atoms with Gasteiger partial charge in [0.25, 0.3) is 0 Å². The monoisotopic (exact) mass is 321 g/mol. The van der Waals surface area contributed by atoms with Gasteiger partial charge >= 0.3 is 5.97 Å². The lowest BCUT2D eigenvalue weighted by Crippen LogP contribution is -2.04. The van der Waals surface area contributed by atoms with Crippen molar-refractivity contribution in [3.05, 3.63) is 71.3 Å². The van der Waals surface area contributed by atoms with Crippen LogP contribution in [0.2, 0.25) is 0 Å². The summed E-state index contributed by atoms with van der Waals surface area (Å²) in [7, 11) is 1.58. The van der Waals surface area contributed by atoms with Crippen LogP contribution in [-0.4, -0.2) is 18.8 Å². The number of methoxy groups -OCH3 is 1. The molecule has 0 saturated heterocycles. The molecule has 4 heteroatoms. The van der Waals surface area contributed by atoms with Crippen molar-refractivity contribution in [1.29, 1.82) is 0 Å². The van der Waals surface area contributed by atoms with Crippen LogP contribution in [0.25, 0.3) is 6.08 Å². The summed E-state index contributed by atoms with van der Waals surface area (Å²) in [6.45, 7) is 0. The second-order valence-corrected chi connectivity index (χ2v) is 5.58. The number of rotatable bonds is 4. The molecular weight excluding hydrogens is 302 g/mol. The first-order chi connectivity index (χ1) is 11.8. The van der Waals surface area contributed by atoms with Crippen LogP contribution in [-0.2, 0) is 4.84 Å². The Morgan fingerprint density at radius 3 is 2.50 bits per heavy atom. The third-order valence-electron chi connectivity index (χ3n) is 3.94. The molecule has 24 heavy (non-hydrogen) atoms. The predicted octanol–water partition coefficient (Wildman–Crippen LogP) is 4.48. The van der Waals surface area contributed by atoms with Gasteiger partial charge in [-0.1, -0.05) is 35.5 Å². The van der Waals surface area contributed by atoms with Crippen LogP contribution in [0.5, 0.6) is 5.75 Å². The number of hydrogen-bond acceptors (Lipinski definition) is 4. The predicted molar refractivity (Wildman–Crippen MR) is 94.1 cm³/mol. The highest BCUT2D eigenvalue weighted by Gasteiger charge is 2.17. The number of nitrogens with zero attached hydrogens (tertiary/aromatic N) is 1. The summed E-state index contributed by atoms with van der Waals surface area (Å²) in [4.78, 5) is 17.2. The first-order valence-corrected chi connectivity index (χ1v) is 7.94. The van der Waals surface area contributed by atoms with Gasteiger partial charge in [-0.15, -0.1) is 0 Å². The van der Waals surface area contributed by atoms with Crippen molar-refractivity contribution in [1.82, 2.24) is 0 Å². The summed E-state index contributed by atoms with van der Waals surface area (Å²) >= 11 is 0. The zero-order valence-corrected chi connectivity index (χ0v) is 13.6. The average molecular weight is 321 g/mol. The van der Waals surface area contributed by atoms with Gasteiger partial charge in [0.05, 0.1) is 18.4 Å². The highest BCUT2D eigenvalue weighted by atomic mass is 16.7. The van der Waals surface area contributed by atoms with Crippen molar-refractivity contribution < 1.29 is 14.4 Å². The normalized spacial score (nSPS) is 17.2. The Balaban J connectivity index is 1.70. The van der Waals surface area contributed by atoms with Crippen LogP contribution >= 0.6 is 0 Å². The molecular formula is C20H19NO3. The molecule has 1 aliphatic carbocycles. The van der Waals surface area contributed by atoms with Gasteiger partial charge in [-0.3, -0.25) is 0 Å². The van der Waals surface area contributed by atoms with Crippen LogP contribution in [0.15, 0.2) is 65.3 Å². The zero-order valence-electron chi connectivity index (χ0n) is 13.6. The Hall–Kier alpha value is -2.88. The van der Waals surface area contributed by atoms with E-state index in [0.717, 1.165) is 36.1 Å². The Morgan fingerprint density at radius 1 is 1.04 bits per heavy atom. The van der Waals surface area contributed by atoms with Crippen molar-refractivity contribution >= 4 is 17.8 Å². The molecule has 1 saturated carbocycles. The van der Waals surface area contributed by atoms with Crippen LogP contribution in [0.4, 0.5) is 0 Å². The molecule has 0 aromatic heterocycles. The van der Waals surface area contributed by atoms with Crippen molar-refractivity contribution in [3.8, 4) is 5.75 Å². The van der Waals surface area contributed by atoms with Crippen molar-refractivity contribution in [3.63, 3.8) is 0 Å². The first kappa shape index (κ1) is 16.0. The van der Waals surface area contributed by atoms with E-state index in [1.807, 2.05) is 30.3 Å². The molecule has 2 aromatic rings. The quantitative estimate of drug-likeness (QED) is 0.616. The summed E-state index contributed by atoms with van der Waals surface area (Å²) in [5.41, 5.74) is 3.56. The van der Waals surface area contributed by atoms with Crippen LogP contribution in [0, 0.1) is 0 Å². The summed E-state index contributed by atoms with van der Waals surface area (Å²) < 4.78 is 5.07. The Morgan fingerprint density at radius 2 is 1.79 bits per heavy atom. The number of carbonyl (C=O) groups is 1. The molecule has 0 heterocycles. The third-order valence-corrected chi connectivity index (χ3v) is 3.94. The van der Waals surface area contributed by atoms with Crippen molar-refractivity contribution in [2.75, 3.05) is 7.11 Å². The number of ether oxygens (including phenoxy) is 1. The van der Waals surface area contributed by atoms with E-state index in [2.05, 4.69) is 11.2 Å². The van der Waals surface area contributed by atoms with E-state index in [9.17, 15) is 4.79 Å². The minimum absolute atomic E-state index is 0.451. The van der Waals surface area contributed by atoms with E-state index < -0.39 is 5.97 Å². The van der Waals surface area contributed by atoms with Gasteiger partial charge in [-0.05, 0) is 60.7 Å². The van der Waals surface area contributed by atoms with Gasteiger partial charge in [0.15, 0.2) is 0 Å². The van der Waals surface area contributed by atoms with Gasteiger partial charge in [0, 0.05) is 0 Å². The Kier molecular flexibility index (Phi) is 5.06. The number of hydrogen-bond donors (Lipinski definition) is 0. The lowest BCUT2D eigenvalue weighted by atomic mass is 10.1. The maximum Gasteiger partial charge on any atom is 0.365 e. The van der Waals surface area contributed by atoms with E-state index in [1.165, 1.54) is 0 Å². The number of benzene rings is 2. The van der Waals surface area contributed by atoms with Crippen LogP contribution in [0.1, 0.15) is 35.2 Å². The van der Waals surface area contributed by atoms with E-state index >= 15 is 0 Å². The molecule has 3 rings (SSSR count). The first-order valence-electron chi connectivity index (χ1n) is 7.94. The minimum Gasteiger partial charge on any atom is -0.497 e. The summed E-state index contributed by atoms with van der Waals surface area (Å²) in [5, 5.41) is 4.09. The minimum atomic E-state index is -0.462. The second-order valence-electron chi connectivity index (χ2n) is 5.58. The molecule has 0 spiro atoms. The summed E-state index contributed by atoms with van der Waals surface area (Å²) in [5.74, 6) is 0.234. The van der Waals surface area contributed by atoms with Gasteiger partial charge < -0.3 is 9.57 Å². The zero-order chi connectivity index (χ0) is 16.8. The lowest BCUT2D eigenvalue weighted by molar-refractivity contribution is 0.0516. The highest BCUT2D eigenvalue weighted by Crippen LogP contribution is 2.24. The van der Waals surface area contributed by atoms with Crippen molar-refractivity contribution in [2.24, 2.45) is 5.16 Å². The summed E-state index contributed by atoms with van der Waals surface area (Å²) in [6, 6.07) is 16.9. The molecule has 1 aliphatic rings. The standard InChI is InChI=1S/C20H19NO3/c1-23-18-12-10-16(11-13-18)20(22)24-21-19-9-5-8-17(19)14-15-6-3-2-4-7-15/h2-4,6-7,10-14H,5,8-9H2,1H3/b17-14-,21-19+. The fraction of sp³-hybridized carbons (Fsp3) is 0.200. The van der Waals surface area contributed by atoms with E-state index in [4.69, 9.17) is 9.57 Å². The molecule has 1 fully saturated rings. The van der Waals surface area contributed by atoms with Gasteiger partial charge in [-0.25, -0.2) is 4.79 Å². The molecule has 0 radical (unpaired) electrons. The van der Waals surface area contributed by atoms with Gasteiger partial charge in [-0.2, -0.15) is 0 Å². The fourth-order valence-electron chi connectivity index (χ4n) is 2.64. The molecule has 0 aliphatic heterocycles. The third kappa shape index (κ3) is 3.90. The molecule has 0 N–H and O–H groups in total. The fourth-order valence-corrected chi connectivity index (χ4v) is 2.64. The molecule has 0 unspecified atom stereocenters. The lowest BCUT2D eigenvalue weighted by Gasteiger charge is -2.03. The van der Waals surface area contributed by atoms with Gasteiger partial charge in [0.1, 0.15) is 5.75 Å². The van der Waals surface area contributed by atoms with Gasteiger partial charge in [0.2, 0.25) is 0 Å². The average Bonchev–Trinajstić information content (AvgIpc) is 3.07. The van der Waals surface area contributed by atoms with Crippen molar-refractivity contribution in [2.45, 2.75) is 19.3 Å². The summed E-state index contributed by atoms with van der Waals surface area (Å²) in [6.07, 6.45) is 4.91. The topological polar surface area (TPSA) is 47.9 Å². The smallest absolute Gasteiger partial charge is 0.365 e. The Labute approximate surface area is 141 Å². The molecule has 2 aromatic carbocycles. The highest BCUT2D eigenvalue weighted by molar-refractivity contribution is 6.05. The number of carbonyl (C=O) groups excluding carboxylic acids is 1. The van der Waals surface area contributed by atoms with E-state index in [0.29, 0.717) is 11.3 Å². The molecule has 0 amide bonds. The number of allylic oxidation sites excluding steroid dienone is 1. The maximum absolute atomic E-state index is 12.1. The SMILES string of the molecule is COc1ccc(C(=O)O/N=C2\CCC\C2=C\c2ccccc2)cc1. The number of oxime groups is 1. The van der Waals surface area contributed by atoms with Crippen LogP contribution < -0.4 is 4.74 Å². The van der Waals surface area contributed by atoms with E-state index in [1.54, 1.807) is 31.4 Å². The molecule has 0 bridgehead atoms. The van der Waals surface area contributed by atoms with Crippen LogP contribution in [0.3, 0.4) is 0 Å². The molecule has 122 valence electrons. The molecule has 0 atom stereocenters. The maximum atomic E-state index is 12.1. The Bertz CT molecular complexity index is 761. The second kappa shape index (κ2) is 7.59.